The molecule has 0 bridgehead atoms. The minimum absolute atomic E-state index is 0.0345. The molecular formula is C19H17N7O. The van der Waals surface area contributed by atoms with Crippen molar-refractivity contribution in [2.45, 2.75) is 12.8 Å². The molecule has 4 aromatic heterocycles. The number of hydrogen-bond donors (Lipinski definition) is 2. The van der Waals surface area contributed by atoms with E-state index >= 15 is 0 Å². The number of aromatic nitrogens is 5. The van der Waals surface area contributed by atoms with E-state index in [4.69, 9.17) is 4.11 Å². The molecule has 4 heterocycles. The molecule has 8 nitrogen and oxygen atoms in total. The van der Waals surface area contributed by atoms with Crippen LogP contribution in [0, 0.1) is 5.92 Å². The van der Waals surface area contributed by atoms with Gasteiger partial charge in [0.25, 0.3) is 0 Å². The molecule has 0 aromatic carbocycles. The van der Waals surface area contributed by atoms with Gasteiger partial charge in [-0.1, -0.05) is 6.07 Å². The number of hydrogen-bond acceptors (Lipinski definition) is 6. The van der Waals surface area contributed by atoms with Crippen LogP contribution < -0.4 is 10.6 Å². The fourth-order valence-electron chi connectivity index (χ4n) is 3.00. The maximum atomic E-state index is 12.2. The molecule has 1 saturated carbocycles. The van der Waals surface area contributed by atoms with Crippen LogP contribution in [0.5, 0.6) is 0 Å². The van der Waals surface area contributed by atoms with Crippen molar-refractivity contribution in [2.24, 2.45) is 5.92 Å². The van der Waals surface area contributed by atoms with E-state index in [-0.39, 0.29) is 17.6 Å². The second-order valence-electron chi connectivity index (χ2n) is 6.46. The zero-order chi connectivity index (χ0) is 20.9. The number of pyridine rings is 3. The van der Waals surface area contributed by atoms with E-state index in [0.29, 0.717) is 33.6 Å². The first-order chi connectivity index (χ1) is 14.4. The molecule has 0 radical (unpaired) electrons. The number of anilines is 2. The first-order valence-electron chi connectivity index (χ1n) is 10.1. The highest BCUT2D eigenvalue weighted by molar-refractivity contribution is 6.03. The molecular weight excluding hydrogens is 342 g/mol. The standard InChI is InChI=1S/C19H17N7O/c1-20-17-13-9-21-15(23-19(27)11-5-6-11)8-12(13)14(10-22-17)18-24-16-4-2-3-7-26(16)25-18/h2-4,7-11H,5-6H2,1H3,(H,20,22)(H,21,23,27)/i1D3. The molecule has 1 aliphatic rings. The van der Waals surface area contributed by atoms with Crippen molar-refractivity contribution in [3.63, 3.8) is 0 Å². The van der Waals surface area contributed by atoms with Gasteiger partial charge in [0.15, 0.2) is 11.5 Å². The van der Waals surface area contributed by atoms with Gasteiger partial charge in [-0.2, -0.15) is 0 Å². The van der Waals surface area contributed by atoms with Crippen molar-refractivity contribution in [3.05, 3.63) is 42.9 Å². The Morgan fingerprint density at radius 2 is 2.19 bits per heavy atom. The molecule has 5 rings (SSSR count). The summed E-state index contributed by atoms with van der Waals surface area (Å²) in [6.45, 7) is -2.42. The van der Waals surface area contributed by atoms with Crippen molar-refractivity contribution in [2.75, 3.05) is 17.6 Å². The number of nitrogens with one attached hydrogen (secondary N) is 2. The van der Waals surface area contributed by atoms with Crippen molar-refractivity contribution >= 4 is 34.0 Å². The van der Waals surface area contributed by atoms with Crippen LogP contribution in [0.1, 0.15) is 17.0 Å². The second kappa shape index (κ2) is 6.01. The molecule has 0 aliphatic heterocycles. The van der Waals surface area contributed by atoms with Crippen molar-refractivity contribution in [1.82, 2.24) is 24.6 Å². The molecule has 0 unspecified atom stereocenters. The predicted molar refractivity (Wildman–Crippen MR) is 102 cm³/mol. The number of carbonyl (C=O) groups is 1. The minimum Gasteiger partial charge on any atom is -0.373 e. The van der Waals surface area contributed by atoms with E-state index < -0.39 is 6.98 Å². The van der Waals surface area contributed by atoms with Gasteiger partial charge in [-0.25, -0.2) is 19.5 Å². The van der Waals surface area contributed by atoms with Crippen LogP contribution in [0.25, 0.3) is 27.8 Å². The van der Waals surface area contributed by atoms with Gasteiger partial charge in [-0.3, -0.25) is 4.79 Å². The number of fused-ring (bicyclic) bond motifs is 2. The summed E-state index contributed by atoms with van der Waals surface area (Å²) in [5.74, 6) is 0.960. The third-order valence-corrected chi connectivity index (χ3v) is 4.57. The van der Waals surface area contributed by atoms with E-state index in [1.54, 1.807) is 16.8 Å². The zero-order valence-corrected chi connectivity index (χ0v) is 14.2. The Bertz CT molecular complexity index is 1250. The predicted octanol–water partition coefficient (Wildman–Crippen LogP) is 2.73. The summed E-state index contributed by atoms with van der Waals surface area (Å²) in [6, 6.07) is 7.24. The van der Waals surface area contributed by atoms with E-state index in [0.717, 1.165) is 12.8 Å². The molecule has 0 spiro atoms. The quantitative estimate of drug-likeness (QED) is 0.579. The molecule has 4 aromatic rings. The van der Waals surface area contributed by atoms with Gasteiger partial charge in [-0.05, 0) is 31.0 Å². The average Bonchev–Trinajstić information content (AvgIpc) is 3.46. The molecule has 27 heavy (non-hydrogen) atoms. The lowest BCUT2D eigenvalue weighted by Gasteiger charge is -2.10. The number of nitrogens with zero attached hydrogens (tertiary/aromatic N) is 5. The van der Waals surface area contributed by atoms with Gasteiger partial charge in [0, 0.05) is 51.9 Å². The van der Waals surface area contributed by atoms with Gasteiger partial charge in [0.1, 0.15) is 11.6 Å². The van der Waals surface area contributed by atoms with E-state index in [1.807, 2.05) is 18.2 Å². The number of carbonyl (C=O) groups excluding carboxylic acids is 1. The summed E-state index contributed by atoms with van der Waals surface area (Å²) in [6.07, 6.45) is 6.57. The third kappa shape index (κ3) is 2.75. The first-order valence-corrected chi connectivity index (χ1v) is 8.57. The van der Waals surface area contributed by atoms with Gasteiger partial charge in [0.05, 0.1) is 0 Å². The molecule has 2 N–H and O–H groups in total. The SMILES string of the molecule is [2H]C([2H])([2H])Nc1ncc(-c2nc3ccccn3n2)c2cc(NC(=O)C3CC3)ncc12. The molecule has 1 amide bonds. The normalized spacial score (nSPS) is 15.9. The van der Waals surface area contributed by atoms with Gasteiger partial charge >= 0.3 is 0 Å². The van der Waals surface area contributed by atoms with Crippen LogP contribution >= 0.6 is 0 Å². The maximum absolute atomic E-state index is 12.2. The highest BCUT2D eigenvalue weighted by Gasteiger charge is 2.29. The van der Waals surface area contributed by atoms with Gasteiger partial charge in [-0.15, -0.1) is 5.10 Å². The largest absolute Gasteiger partial charge is 0.373 e. The summed E-state index contributed by atoms with van der Waals surface area (Å²) in [4.78, 5) is 25.3. The Hall–Kier alpha value is -3.55. The molecule has 1 aliphatic carbocycles. The summed E-state index contributed by atoms with van der Waals surface area (Å²) in [5.41, 5.74) is 1.27. The van der Waals surface area contributed by atoms with E-state index in [1.165, 1.54) is 12.4 Å². The fourth-order valence-corrected chi connectivity index (χ4v) is 3.00. The van der Waals surface area contributed by atoms with Crippen LogP contribution in [-0.2, 0) is 4.79 Å². The van der Waals surface area contributed by atoms with E-state index in [2.05, 4.69) is 30.7 Å². The molecule has 134 valence electrons. The topological polar surface area (TPSA) is 97.1 Å². The van der Waals surface area contributed by atoms with Crippen molar-refractivity contribution in [1.29, 1.82) is 0 Å². The van der Waals surface area contributed by atoms with Gasteiger partial charge in [0.2, 0.25) is 5.91 Å². The lowest BCUT2D eigenvalue weighted by Crippen LogP contribution is -2.14. The molecule has 8 heteroatoms. The van der Waals surface area contributed by atoms with E-state index in [9.17, 15) is 4.79 Å². The third-order valence-electron chi connectivity index (χ3n) is 4.57. The lowest BCUT2D eigenvalue weighted by molar-refractivity contribution is -0.117. The lowest BCUT2D eigenvalue weighted by atomic mass is 10.1. The first kappa shape index (κ1) is 12.7. The Morgan fingerprint density at radius 1 is 1.26 bits per heavy atom. The van der Waals surface area contributed by atoms with Crippen LogP contribution in [0.3, 0.4) is 0 Å². The Kier molecular flexibility index (Phi) is 2.84. The Balaban J connectivity index is 1.65. The summed E-state index contributed by atoms with van der Waals surface area (Å²) in [5, 5.41) is 10.9. The zero-order valence-electron chi connectivity index (χ0n) is 17.2. The maximum Gasteiger partial charge on any atom is 0.228 e. The average molecular weight is 362 g/mol. The van der Waals surface area contributed by atoms with Crippen LogP contribution in [0.15, 0.2) is 42.9 Å². The van der Waals surface area contributed by atoms with Crippen molar-refractivity contribution < 1.29 is 8.91 Å². The summed E-state index contributed by atoms with van der Waals surface area (Å²) >= 11 is 0. The summed E-state index contributed by atoms with van der Waals surface area (Å²) < 4.78 is 24.1. The van der Waals surface area contributed by atoms with Crippen LogP contribution in [0.4, 0.5) is 11.6 Å². The summed E-state index contributed by atoms with van der Waals surface area (Å²) in [7, 11) is 0. The van der Waals surface area contributed by atoms with Gasteiger partial charge < -0.3 is 10.6 Å². The highest BCUT2D eigenvalue weighted by Crippen LogP contribution is 2.33. The fraction of sp³-hybridized carbons (Fsp3) is 0.211. The molecule has 1 fully saturated rings. The molecule has 0 atom stereocenters. The minimum atomic E-state index is -2.42. The number of rotatable bonds is 4. The monoisotopic (exact) mass is 362 g/mol. The van der Waals surface area contributed by atoms with Crippen LogP contribution in [0.2, 0.25) is 0 Å². The number of amides is 1. The van der Waals surface area contributed by atoms with Crippen molar-refractivity contribution in [3.8, 4) is 11.4 Å². The smallest absolute Gasteiger partial charge is 0.228 e. The van der Waals surface area contributed by atoms with Crippen LogP contribution in [-0.4, -0.2) is 37.4 Å². The second-order valence-corrected chi connectivity index (χ2v) is 6.46. The Morgan fingerprint density at radius 3 is 3.00 bits per heavy atom. The molecule has 0 saturated heterocycles. The Labute approximate surface area is 158 Å². The highest BCUT2D eigenvalue weighted by atomic mass is 16.2.